The van der Waals surface area contributed by atoms with Crippen LogP contribution in [0.2, 0.25) is 0 Å². The number of nitriles is 1. The minimum Gasteiger partial charge on any atom is -0.399 e. The molecule has 158 valence electrons. The van der Waals surface area contributed by atoms with Crippen molar-refractivity contribution in [3.05, 3.63) is 29.8 Å². The molecular formula is C23H40BNO3. The third-order valence-corrected chi connectivity index (χ3v) is 5.55. The van der Waals surface area contributed by atoms with E-state index in [-0.39, 0.29) is 25.7 Å². The highest BCUT2D eigenvalue weighted by molar-refractivity contribution is 6.62. The lowest BCUT2D eigenvalue weighted by molar-refractivity contribution is 0.00578. The summed E-state index contributed by atoms with van der Waals surface area (Å²) in [7, 11) is -0.359. The molecule has 0 aliphatic carbocycles. The van der Waals surface area contributed by atoms with Gasteiger partial charge in [0.15, 0.2) is 0 Å². The third kappa shape index (κ3) is 5.38. The van der Waals surface area contributed by atoms with Gasteiger partial charge in [-0.1, -0.05) is 59.4 Å². The monoisotopic (exact) mass is 389 g/mol. The van der Waals surface area contributed by atoms with Crippen molar-refractivity contribution in [2.75, 3.05) is 13.2 Å². The zero-order valence-corrected chi connectivity index (χ0v) is 18.4. The van der Waals surface area contributed by atoms with Gasteiger partial charge in [-0.3, -0.25) is 0 Å². The quantitative estimate of drug-likeness (QED) is 0.649. The van der Waals surface area contributed by atoms with Crippen molar-refractivity contribution < 1.29 is 14.0 Å². The Morgan fingerprint density at radius 3 is 1.68 bits per heavy atom. The molecule has 0 bridgehead atoms. The van der Waals surface area contributed by atoms with Crippen LogP contribution in [0.5, 0.6) is 0 Å². The van der Waals surface area contributed by atoms with Crippen LogP contribution in [0.4, 0.5) is 0 Å². The van der Waals surface area contributed by atoms with E-state index in [0.29, 0.717) is 13.2 Å². The van der Waals surface area contributed by atoms with Crippen molar-refractivity contribution in [2.45, 2.75) is 92.3 Å². The number of ether oxygens (including phenoxy) is 1. The molecule has 1 aromatic carbocycles. The van der Waals surface area contributed by atoms with Crippen molar-refractivity contribution in [1.82, 2.24) is 0 Å². The second kappa shape index (κ2) is 11.0. The summed E-state index contributed by atoms with van der Waals surface area (Å²) >= 11 is 0. The smallest absolute Gasteiger partial charge is 0.399 e. The van der Waals surface area contributed by atoms with Crippen LogP contribution in [-0.4, -0.2) is 31.5 Å². The first kappa shape index (κ1) is 26.7. The van der Waals surface area contributed by atoms with Crippen LogP contribution < -0.4 is 5.46 Å². The molecule has 0 amide bonds. The van der Waals surface area contributed by atoms with Crippen molar-refractivity contribution in [3.8, 4) is 6.07 Å². The van der Waals surface area contributed by atoms with E-state index in [4.69, 9.17) is 14.0 Å². The van der Waals surface area contributed by atoms with Gasteiger partial charge >= 0.3 is 7.12 Å². The van der Waals surface area contributed by atoms with Gasteiger partial charge in [-0.15, -0.1) is 0 Å². The molecule has 0 unspecified atom stereocenters. The molecule has 2 heterocycles. The van der Waals surface area contributed by atoms with Crippen molar-refractivity contribution >= 4 is 12.6 Å². The summed E-state index contributed by atoms with van der Waals surface area (Å²) in [6.07, 6.45) is 1.50. The van der Waals surface area contributed by atoms with Crippen LogP contribution in [0, 0.1) is 11.3 Å². The summed E-state index contributed by atoms with van der Waals surface area (Å²) in [5, 5.41) is 9.66. The lowest BCUT2D eigenvalue weighted by Gasteiger charge is -2.32. The maximum absolute atomic E-state index is 9.66. The van der Waals surface area contributed by atoms with E-state index in [2.05, 4.69) is 6.07 Å². The van der Waals surface area contributed by atoms with E-state index in [0.717, 1.165) is 23.9 Å². The Hall–Kier alpha value is -1.35. The van der Waals surface area contributed by atoms with Crippen LogP contribution in [0.1, 0.15) is 81.2 Å². The Morgan fingerprint density at radius 2 is 1.29 bits per heavy atom. The summed E-state index contributed by atoms with van der Waals surface area (Å²) < 4.78 is 17.6. The topological polar surface area (TPSA) is 51.5 Å². The van der Waals surface area contributed by atoms with Crippen molar-refractivity contribution in [2.24, 2.45) is 0 Å². The molecule has 2 aliphatic rings. The number of benzene rings is 1. The number of nitrogens with zero attached hydrogens (tertiary/aromatic N) is 1. The highest BCUT2D eigenvalue weighted by Gasteiger charge is 2.51. The molecule has 2 aliphatic heterocycles. The molecule has 0 spiro atoms. The average molecular weight is 389 g/mol. The fourth-order valence-corrected chi connectivity index (χ4v) is 3.12. The SMILES string of the molecule is C.CC.CC.CC1(C)OB(c2ccc(C3(C#N)CCOCC3)cc2)OC1(C)C. The summed E-state index contributed by atoms with van der Waals surface area (Å²) in [5.74, 6) is 0. The molecule has 0 aromatic heterocycles. The van der Waals surface area contributed by atoms with E-state index in [1.165, 1.54) is 0 Å². The van der Waals surface area contributed by atoms with Crippen molar-refractivity contribution in [3.63, 3.8) is 0 Å². The summed E-state index contributed by atoms with van der Waals surface area (Å²) in [4.78, 5) is 0. The highest BCUT2D eigenvalue weighted by atomic mass is 16.7. The first-order valence-electron chi connectivity index (χ1n) is 10.2. The largest absolute Gasteiger partial charge is 0.494 e. The summed E-state index contributed by atoms with van der Waals surface area (Å²) in [5.41, 5.74) is 0.943. The first-order chi connectivity index (χ1) is 12.8. The predicted octanol–water partition coefficient (Wildman–Crippen LogP) is 5.25. The Bertz CT molecular complexity index is 598. The Morgan fingerprint density at radius 1 is 0.857 bits per heavy atom. The lowest BCUT2D eigenvalue weighted by atomic mass is 9.73. The zero-order valence-electron chi connectivity index (χ0n) is 18.4. The number of hydrogen-bond acceptors (Lipinski definition) is 4. The summed E-state index contributed by atoms with van der Waals surface area (Å²) in [6.45, 7) is 17.5. The van der Waals surface area contributed by atoms with E-state index in [1.54, 1.807) is 0 Å². The minimum absolute atomic E-state index is 0. The molecular weight excluding hydrogens is 349 g/mol. The van der Waals surface area contributed by atoms with E-state index >= 15 is 0 Å². The first-order valence-corrected chi connectivity index (χ1v) is 10.2. The van der Waals surface area contributed by atoms with Gasteiger partial charge in [-0.2, -0.15) is 5.26 Å². The maximum Gasteiger partial charge on any atom is 0.494 e. The Labute approximate surface area is 173 Å². The molecule has 0 saturated carbocycles. The van der Waals surface area contributed by atoms with Crippen LogP contribution in [0.15, 0.2) is 24.3 Å². The Balaban J connectivity index is 0.00000137. The fraction of sp³-hybridized carbons (Fsp3) is 0.696. The standard InChI is InChI=1S/C18H24BNO3.2C2H6.CH4/c1-16(2)17(3,4)23-19(22-16)15-7-5-14(6-8-15)18(13-20)9-11-21-12-10-18;2*1-2;/h5-8H,9-12H2,1-4H3;2*1-2H3;1H4. The minimum atomic E-state index is -0.424. The second-order valence-corrected chi connectivity index (χ2v) is 7.52. The molecule has 4 nitrogen and oxygen atoms in total. The average Bonchev–Trinajstić information content (AvgIpc) is 2.93. The van der Waals surface area contributed by atoms with Crippen molar-refractivity contribution in [1.29, 1.82) is 5.26 Å². The van der Waals surface area contributed by atoms with Gasteiger partial charge in [0.25, 0.3) is 0 Å². The van der Waals surface area contributed by atoms with Crippen LogP contribution in [0.25, 0.3) is 0 Å². The van der Waals surface area contributed by atoms with Gasteiger partial charge in [-0.05, 0) is 51.6 Å². The molecule has 1 aromatic rings. The molecule has 28 heavy (non-hydrogen) atoms. The number of hydrogen-bond donors (Lipinski definition) is 0. The molecule has 0 atom stereocenters. The van der Waals surface area contributed by atoms with Crippen LogP contribution >= 0.6 is 0 Å². The highest BCUT2D eigenvalue weighted by Crippen LogP contribution is 2.37. The predicted molar refractivity (Wildman–Crippen MR) is 119 cm³/mol. The number of rotatable bonds is 2. The fourth-order valence-electron chi connectivity index (χ4n) is 3.12. The van der Waals surface area contributed by atoms with Gasteiger partial charge in [0, 0.05) is 13.2 Å². The van der Waals surface area contributed by atoms with Gasteiger partial charge in [0.05, 0.1) is 22.7 Å². The molecule has 0 N–H and O–H groups in total. The van der Waals surface area contributed by atoms with E-state index < -0.39 is 5.41 Å². The molecule has 0 radical (unpaired) electrons. The van der Waals surface area contributed by atoms with E-state index in [9.17, 15) is 5.26 Å². The normalized spacial score (nSPS) is 21.0. The van der Waals surface area contributed by atoms with Gasteiger partial charge in [0.2, 0.25) is 0 Å². The van der Waals surface area contributed by atoms with Crippen LogP contribution in [0.3, 0.4) is 0 Å². The third-order valence-electron chi connectivity index (χ3n) is 5.55. The molecule has 2 fully saturated rings. The molecule has 5 heteroatoms. The Kier molecular flexibility index (Phi) is 10.5. The van der Waals surface area contributed by atoms with Crippen LogP contribution in [-0.2, 0) is 19.5 Å². The zero-order chi connectivity index (χ0) is 20.7. The summed E-state index contributed by atoms with van der Waals surface area (Å²) in [6, 6.07) is 10.6. The van der Waals surface area contributed by atoms with Gasteiger partial charge in [-0.25, -0.2) is 0 Å². The molecule has 2 saturated heterocycles. The van der Waals surface area contributed by atoms with Gasteiger partial charge < -0.3 is 14.0 Å². The lowest BCUT2D eigenvalue weighted by Crippen LogP contribution is -2.41. The van der Waals surface area contributed by atoms with Gasteiger partial charge in [0.1, 0.15) is 0 Å². The van der Waals surface area contributed by atoms with E-state index in [1.807, 2.05) is 79.7 Å². The molecule has 3 rings (SSSR count). The second-order valence-electron chi connectivity index (χ2n) is 7.52. The maximum atomic E-state index is 9.66.